The van der Waals surface area contributed by atoms with Gasteiger partial charge in [-0.2, -0.15) is 0 Å². The van der Waals surface area contributed by atoms with Gasteiger partial charge in [0.15, 0.2) is 0 Å². The van der Waals surface area contributed by atoms with Crippen LogP contribution in [-0.2, 0) is 4.74 Å². The van der Waals surface area contributed by atoms with Gasteiger partial charge in [0.2, 0.25) is 0 Å². The van der Waals surface area contributed by atoms with Crippen molar-refractivity contribution in [1.82, 2.24) is 0 Å². The smallest absolute Gasteiger partial charge is 0.0631 e. The van der Waals surface area contributed by atoms with Gasteiger partial charge in [0.05, 0.1) is 11.8 Å². The third-order valence-electron chi connectivity index (χ3n) is 3.13. The fourth-order valence-electron chi connectivity index (χ4n) is 2.14. The minimum atomic E-state index is 0.405. The molecule has 1 fully saturated rings. The van der Waals surface area contributed by atoms with Gasteiger partial charge in [0.25, 0.3) is 0 Å². The SMILES string of the molecule is CCC1CC(Nc2c(Br)cccc2Br)CCO1. The summed E-state index contributed by atoms with van der Waals surface area (Å²) in [5, 5.41) is 3.61. The van der Waals surface area contributed by atoms with Crippen LogP contribution < -0.4 is 5.32 Å². The summed E-state index contributed by atoms with van der Waals surface area (Å²) in [6.45, 7) is 3.04. The van der Waals surface area contributed by atoms with Crippen LogP contribution in [0.1, 0.15) is 26.2 Å². The zero-order valence-corrected chi connectivity index (χ0v) is 13.1. The highest BCUT2D eigenvalue weighted by Crippen LogP contribution is 2.32. The molecule has 0 aromatic heterocycles. The molecule has 4 heteroatoms. The summed E-state index contributed by atoms with van der Waals surface area (Å²) in [5.41, 5.74) is 1.15. The predicted molar refractivity (Wildman–Crippen MR) is 78.5 cm³/mol. The maximum Gasteiger partial charge on any atom is 0.0631 e. The molecule has 0 aliphatic carbocycles. The first kappa shape index (κ1) is 13.4. The van der Waals surface area contributed by atoms with Gasteiger partial charge in [-0.3, -0.25) is 0 Å². The Kier molecular flexibility index (Phi) is 4.88. The molecule has 2 rings (SSSR count). The van der Waals surface area contributed by atoms with Gasteiger partial charge in [-0.15, -0.1) is 0 Å². The van der Waals surface area contributed by atoms with Crippen molar-refractivity contribution in [3.05, 3.63) is 27.1 Å². The molecular weight excluding hydrogens is 346 g/mol. The molecule has 2 atom stereocenters. The number of anilines is 1. The van der Waals surface area contributed by atoms with Gasteiger partial charge < -0.3 is 10.1 Å². The molecule has 17 heavy (non-hydrogen) atoms. The van der Waals surface area contributed by atoms with Crippen LogP contribution in [-0.4, -0.2) is 18.8 Å². The number of nitrogens with one attached hydrogen (secondary N) is 1. The number of hydrogen-bond acceptors (Lipinski definition) is 2. The lowest BCUT2D eigenvalue weighted by Crippen LogP contribution is -2.33. The highest BCUT2D eigenvalue weighted by molar-refractivity contribution is 9.11. The third-order valence-corrected chi connectivity index (χ3v) is 4.46. The van der Waals surface area contributed by atoms with Crippen molar-refractivity contribution < 1.29 is 4.74 Å². The van der Waals surface area contributed by atoms with Gasteiger partial charge in [0.1, 0.15) is 0 Å². The Morgan fingerprint density at radius 1 is 1.35 bits per heavy atom. The molecule has 0 saturated carbocycles. The van der Waals surface area contributed by atoms with Crippen molar-refractivity contribution in [3.8, 4) is 0 Å². The van der Waals surface area contributed by atoms with E-state index in [0.717, 1.165) is 40.5 Å². The van der Waals surface area contributed by atoms with Crippen LogP contribution >= 0.6 is 31.9 Å². The molecule has 1 N–H and O–H groups in total. The van der Waals surface area contributed by atoms with E-state index in [-0.39, 0.29) is 0 Å². The molecular formula is C13H17Br2NO. The maximum absolute atomic E-state index is 5.69. The maximum atomic E-state index is 5.69. The Bertz CT molecular complexity index is 363. The van der Waals surface area contributed by atoms with E-state index >= 15 is 0 Å². The van der Waals surface area contributed by atoms with Crippen LogP contribution in [0.25, 0.3) is 0 Å². The van der Waals surface area contributed by atoms with Crippen LogP contribution in [0.5, 0.6) is 0 Å². The Morgan fingerprint density at radius 3 is 2.71 bits per heavy atom. The molecule has 0 bridgehead atoms. The van der Waals surface area contributed by atoms with Crippen LogP contribution in [0.15, 0.2) is 27.1 Å². The van der Waals surface area contributed by atoms with Crippen molar-refractivity contribution in [1.29, 1.82) is 0 Å². The average molecular weight is 363 g/mol. The number of halogens is 2. The molecule has 1 aliphatic heterocycles. The second-order valence-corrected chi connectivity index (χ2v) is 6.07. The lowest BCUT2D eigenvalue weighted by molar-refractivity contribution is 0.00924. The number of hydrogen-bond donors (Lipinski definition) is 1. The first-order valence-corrected chi connectivity index (χ1v) is 7.61. The normalized spacial score (nSPS) is 24.6. The summed E-state index contributed by atoms with van der Waals surface area (Å²) in [6, 6.07) is 6.65. The first-order chi connectivity index (χ1) is 8.20. The molecule has 1 aromatic carbocycles. The predicted octanol–water partition coefficient (Wildman–Crippen LogP) is 4.58. The van der Waals surface area contributed by atoms with Crippen LogP contribution in [0.2, 0.25) is 0 Å². The van der Waals surface area contributed by atoms with E-state index in [1.54, 1.807) is 0 Å². The molecule has 94 valence electrons. The standard InChI is InChI=1S/C13H17Br2NO/c1-2-10-8-9(6-7-17-10)16-13-11(14)4-3-5-12(13)15/h3-5,9-10,16H,2,6-8H2,1H3. The topological polar surface area (TPSA) is 21.3 Å². The minimum Gasteiger partial charge on any atom is -0.380 e. The number of ether oxygens (including phenoxy) is 1. The molecule has 0 amide bonds. The van der Waals surface area contributed by atoms with E-state index in [2.05, 4.69) is 56.2 Å². The van der Waals surface area contributed by atoms with E-state index in [9.17, 15) is 0 Å². The molecule has 1 aliphatic rings. The zero-order valence-electron chi connectivity index (χ0n) is 9.88. The summed E-state index contributed by atoms with van der Waals surface area (Å²) in [5.74, 6) is 0. The molecule has 1 saturated heterocycles. The van der Waals surface area contributed by atoms with Gasteiger partial charge in [-0.05, 0) is 63.3 Å². The molecule has 1 aromatic rings. The van der Waals surface area contributed by atoms with Crippen molar-refractivity contribution in [2.24, 2.45) is 0 Å². The zero-order chi connectivity index (χ0) is 12.3. The second kappa shape index (κ2) is 6.21. The Morgan fingerprint density at radius 2 is 2.06 bits per heavy atom. The fourth-order valence-corrected chi connectivity index (χ4v) is 3.36. The monoisotopic (exact) mass is 361 g/mol. The molecule has 2 unspecified atom stereocenters. The number of rotatable bonds is 3. The first-order valence-electron chi connectivity index (χ1n) is 6.03. The van der Waals surface area contributed by atoms with E-state index < -0.39 is 0 Å². The van der Waals surface area contributed by atoms with Gasteiger partial charge in [0, 0.05) is 21.6 Å². The lowest BCUT2D eigenvalue weighted by atomic mass is 10.0. The molecule has 0 radical (unpaired) electrons. The number of benzene rings is 1. The van der Waals surface area contributed by atoms with Crippen LogP contribution in [0.4, 0.5) is 5.69 Å². The second-order valence-electron chi connectivity index (χ2n) is 4.36. The van der Waals surface area contributed by atoms with E-state index in [1.807, 2.05) is 6.07 Å². The summed E-state index contributed by atoms with van der Waals surface area (Å²) >= 11 is 7.16. The molecule has 2 nitrogen and oxygen atoms in total. The van der Waals surface area contributed by atoms with Gasteiger partial charge in [-0.25, -0.2) is 0 Å². The van der Waals surface area contributed by atoms with Gasteiger partial charge in [-0.1, -0.05) is 13.0 Å². The Balaban J connectivity index is 2.05. The minimum absolute atomic E-state index is 0.405. The average Bonchev–Trinajstić information content (AvgIpc) is 2.34. The number of para-hydroxylation sites is 1. The van der Waals surface area contributed by atoms with Crippen LogP contribution in [0, 0.1) is 0 Å². The fraction of sp³-hybridized carbons (Fsp3) is 0.538. The highest BCUT2D eigenvalue weighted by Gasteiger charge is 2.22. The van der Waals surface area contributed by atoms with Crippen molar-refractivity contribution >= 4 is 37.5 Å². The van der Waals surface area contributed by atoms with Gasteiger partial charge >= 0.3 is 0 Å². The van der Waals surface area contributed by atoms with Crippen LogP contribution in [0.3, 0.4) is 0 Å². The largest absolute Gasteiger partial charge is 0.380 e. The highest BCUT2D eigenvalue weighted by atomic mass is 79.9. The summed E-state index contributed by atoms with van der Waals surface area (Å²) in [6.07, 6.45) is 3.66. The third kappa shape index (κ3) is 3.46. The summed E-state index contributed by atoms with van der Waals surface area (Å²) < 4.78 is 7.90. The molecule has 0 spiro atoms. The van der Waals surface area contributed by atoms with Crippen molar-refractivity contribution in [2.45, 2.75) is 38.3 Å². The summed E-state index contributed by atoms with van der Waals surface area (Å²) in [4.78, 5) is 0. The summed E-state index contributed by atoms with van der Waals surface area (Å²) in [7, 11) is 0. The van der Waals surface area contributed by atoms with Crippen molar-refractivity contribution in [2.75, 3.05) is 11.9 Å². The lowest BCUT2D eigenvalue weighted by Gasteiger charge is -2.30. The van der Waals surface area contributed by atoms with E-state index in [1.165, 1.54) is 0 Å². The quantitative estimate of drug-likeness (QED) is 0.849. The van der Waals surface area contributed by atoms with Crippen molar-refractivity contribution in [3.63, 3.8) is 0 Å². The molecule has 1 heterocycles. The Labute approximate surface area is 119 Å². The van der Waals surface area contributed by atoms with E-state index in [4.69, 9.17) is 4.74 Å². The Hall–Kier alpha value is -0.0600. The van der Waals surface area contributed by atoms with E-state index in [0.29, 0.717) is 12.1 Å².